The van der Waals surface area contributed by atoms with Gasteiger partial charge < -0.3 is 33.2 Å². The lowest BCUT2D eigenvalue weighted by Crippen LogP contribution is -2.38. The second-order valence-electron chi connectivity index (χ2n) is 9.81. The van der Waals surface area contributed by atoms with Gasteiger partial charge in [0.2, 0.25) is 12.5 Å². The highest BCUT2D eigenvalue weighted by Crippen LogP contribution is 2.54. The van der Waals surface area contributed by atoms with E-state index in [9.17, 15) is 0 Å². The molecule has 7 heteroatoms. The molecular weight excluding hydrogens is 424 g/mol. The molecule has 1 saturated heterocycles. The maximum atomic E-state index is 6.42. The quantitative estimate of drug-likeness (QED) is 0.655. The van der Waals surface area contributed by atoms with E-state index < -0.39 is 0 Å². The Bertz CT molecular complexity index is 1020. The lowest BCUT2D eigenvalue weighted by molar-refractivity contribution is -0.190. The van der Waals surface area contributed by atoms with Crippen LogP contribution in [0.1, 0.15) is 43.4 Å². The van der Waals surface area contributed by atoms with Gasteiger partial charge in [0, 0.05) is 11.8 Å². The SMILES string of the molecule is COc1cc([C@@H]2c3cc4c(cc3C[C@H]3CO[C@@H](OC(C)(C)C)[C@@H]32)OCO4)cc(OC)c1OC. The van der Waals surface area contributed by atoms with Gasteiger partial charge in [-0.05, 0) is 74.1 Å². The molecule has 0 unspecified atom stereocenters. The van der Waals surface area contributed by atoms with Crippen LogP contribution in [0.25, 0.3) is 0 Å². The second-order valence-corrected chi connectivity index (χ2v) is 9.81. The molecule has 0 saturated carbocycles. The number of ether oxygens (including phenoxy) is 7. The van der Waals surface area contributed by atoms with Crippen molar-refractivity contribution in [3.63, 3.8) is 0 Å². The van der Waals surface area contributed by atoms with Crippen LogP contribution in [-0.4, -0.2) is 46.6 Å². The first-order valence-corrected chi connectivity index (χ1v) is 11.3. The lowest BCUT2D eigenvalue weighted by atomic mass is 9.67. The Morgan fingerprint density at radius 3 is 2.15 bits per heavy atom. The molecule has 0 spiro atoms. The molecular formula is C26H32O7. The highest BCUT2D eigenvalue weighted by molar-refractivity contribution is 5.58. The van der Waals surface area contributed by atoms with Crippen molar-refractivity contribution >= 4 is 0 Å². The molecule has 0 radical (unpaired) electrons. The Hall–Kier alpha value is -2.64. The summed E-state index contributed by atoms with van der Waals surface area (Å²) in [6.07, 6.45) is 0.583. The van der Waals surface area contributed by atoms with Crippen molar-refractivity contribution in [3.8, 4) is 28.7 Å². The van der Waals surface area contributed by atoms with Gasteiger partial charge in [0.05, 0.1) is 33.5 Å². The molecule has 0 bridgehead atoms. The fraction of sp³-hybridized carbons (Fsp3) is 0.538. The first-order chi connectivity index (χ1) is 15.8. The van der Waals surface area contributed by atoms with Crippen LogP contribution in [0.15, 0.2) is 24.3 Å². The van der Waals surface area contributed by atoms with E-state index in [0.29, 0.717) is 29.8 Å². The van der Waals surface area contributed by atoms with E-state index in [0.717, 1.165) is 23.5 Å². The smallest absolute Gasteiger partial charge is 0.231 e. The van der Waals surface area contributed by atoms with Crippen LogP contribution >= 0.6 is 0 Å². The first-order valence-electron chi connectivity index (χ1n) is 11.3. The van der Waals surface area contributed by atoms with Gasteiger partial charge in [-0.2, -0.15) is 0 Å². The van der Waals surface area contributed by atoms with Gasteiger partial charge in [-0.25, -0.2) is 0 Å². The number of fused-ring (bicyclic) bond motifs is 3. The van der Waals surface area contributed by atoms with Crippen LogP contribution in [0.3, 0.4) is 0 Å². The van der Waals surface area contributed by atoms with Crippen LogP contribution in [-0.2, 0) is 15.9 Å². The minimum atomic E-state index is -0.325. The summed E-state index contributed by atoms with van der Waals surface area (Å²) in [7, 11) is 4.90. The molecule has 1 fully saturated rings. The van der Waals surface area contributed by atoms with E-state index in [-0.39, 0.29) is 30.5 Å². The van der Waals surface area contributed by atoms with Crippen LogP contribution < -0.4 is 23.7 Å². The van der Waals surface area contributed by atoms with Crippen molar-refractivity contribution in [1.82, 2.24) is 0 Å². The summed E-state index contributed by atoms with van der Waals surface area (Å²) < 4.78 is 41.0. The number of hydrogen-bond acceptors (Lipinski definition) is 7. The Morgan fingerprint density at radius 2 is 1.55 bits per heavy atom. The van der Waals surface area contributed by atoms with E-state index in [1.807, 2.05) is 12.1 Å². The predicted octanol–water partition coefficient (Wildman–Crippen LogP) is 4.53. The Morgan fingerprint density at radius 1 is 0.879 bits per heavy atom. The molecule has 0 amide bonds. The highest BCUT2D eigenvalue weighted by Gasteiger charge is 2.49. The van der Waals surface area contributed by atoms with Crippen molar-refractivity contribution in [1.29, 1.82) is 0 Å². The topological polar surface area (TPSA) is 64.6 Å². The molecule has 7 nitrogen and oxygen atoms in total. The zero-order valence-corrected chi connectivity index (χ0v) is 20.1. The van der Waals surface area contributed by atoms with Gasteiger partial charge in [0.1, 0.15) is 0 Å². The van der Waals surface area contributed by atoms with Gasteiger partial charge in [-0.15, -0.1) is 0 Å². The average Bonchev–Trinajstić information content (AvgIpc) is 3.40. The van der Waals surface area contributed by atoms with E-state index >= 15 is 0 Å². The van der Waals surface area contributed by atoms with Crippen LogP contribution in [0.4, 0.5) is 0 Å². The normalized spacial score (nSPS) is 25.4. The number of hydrogen-bond donors (Lipinski definition) is 0. The Kier molecular flexibility index (Phi) is 5.57. The Balaban J connectivity index is 1.68. The molecule has 2 aromatic rings. The van der Waals surface area contributed by atoms with Gasteiger partial charge >= 0.3 is 0 Å². The molecule has 5 rings (SSSR count). The molecule has 178 valence electrons. The molecule has 2 aromatic carbocycles. The van der Waals surface area contributed by atoms with E-state index in [1.54, 1.807) is 21.3 Å². The summed E-state index contributed by atoms with van der Waals surface area (Å²) in [5.74, 6) is 3.85. The van der Waals surface area contributed by atoms with Crippen molar-refractivity contribution in [2.75, 3.05) is 34.7 Å². The molecule has 2 aliphatic heterocycles. The van der Waals surface area contributed by atoms with Gasteiger partial charge in [0.15, 0.2) is 29.3 Å². The van der Waals surface area contributed by atoms with E-state index in [2.05, 4.69) is 32.9 Å². The zero-order chi connectivity index (χ0) is 23.3. The van der Waals surface area contributed by atoms with Gasteiger partial charge in [-0.3, -0.25) is 0 Å². The second kappa shape index (κ2) is 8.29. The fourth-order valence-electron chi connectivity index (χ4n) is 5.39. The number of rotatable bonds is 5. The summed E-state index contributed by atoms with van der Waals surface area (Å²) in [5.41, 5.74) is 3.18. The molecule has 3 aliphatic rings. The summed E-state index contributed by atoms with van der Waals surface area (Å²) in [6, 6.07) is 8.31. The maximum absolute atomic E-state index is 6.42. The molecule has 4 atom stereocenters. The largest absolute Gasteiger partial charge is 0.493 e. The monoisotopic (exact) mass is 456 g/mol. The third kappa shape index (κ3) is 3.87. The Labute approximate surface area is 194 Å². The first kappa shape index (κ1) is 22.2. The molecule has 33 heavy (non-hydrogen) atoms. The lowest BCUT2D eigenvalue weighted by Gasteiger charge is -2.39. The third-order valence-corrected chi connectivity index (χ3v) is 6.69. The number of benzene rings is 2. The van der Waals surface area contributed by atoms with E-state index in [4.69, 9.17) is 33.2 Å². The van der Waals surface area contributed by atoms with Crippen LogP contribution in [0, 0.1) is 11.8 Å². The van der Waals surface area contributed by atoms with Crippen LogP contribution in [0.2, 0.25) is 0 Å². The summed E-state index contributed by atoms with van der Waals surface area (Å²) in [4.78, 5) is 0. The van der Waals surface area contributed by atoms with Gasteiger partial charge in [-0.1, -0.05) is 0 Å². The molecule has 1 aliphatic carbocycles. The van der Waals surface area contributed by atoms with Crippen molar-refractivity contribution < 1.29 is 33.2 Å². The van der Waals surface area contributed by atoms with E-state index in [1.165, 1.54) is 11.1 Å². The summed E-state index contributed by atoms with van der Waals surface area (Å²) in [5, 5.41) is 0. The predicted molar refractivity (Wildman–Crippen MR) is 122 cm³/mol. The third-order valence-electron chi connectivity index (χ3n) is 6.69. The van der Waals surface area contributed by atoms with Crippen molar-refractivity contribution in [3.05, 3.63) is 41.0 Å². The standard InChI is InChI=1S/C26H32O7/c1-26(2,3)33-25-23-16(12-30-25)7-14-8-18-19(32-13-31-18)11-17(14)22(23)15-9-20(27-4)24(29-6)21(10-15)28-5/h8-11,16,22-23,25H,7,12-13H2,1-6H3/t16-,22+,23-,25-/m0/s1. The zero-order valence-electron chi connectivity index (χ0n) is 20.1. The van der Waals surface area contributed by atoms with Gasteiger partial charge in [0.25, 0.3) is 0 Å². The molecule has 0 N–H and O–H groups in total. The van der Waals surface area contributed by atoms with Crippen molar-refractivity contribution in [2.24, 2.45) is 11.8 Å². The molecule has 0 aromatic heterocycles. The average molecular weight is 457 g/mol. The maximum Gasteiger partial charge on any atom is 0.231 e. The van der Waals surface area contributed by atoms with Crippen molar-refractivity contribution in [2.45, 2.75) is 45.0 Å². The summed E-state index contributed by atoms with van der Waals surface area (Å²) >= 11 is 0. The summed E-state index contributed by atoms with van der Waals surface area (Å²) in [6.45, 7) is 7.09. The fourth-order valence-corrected chi connectivity index (χ4v) is 5.39. The number of methoxy groups -OCH3 is 3. The molecule has 2 heterocycles. The van der Waals surface area contributed by atoms with Crippen LogP contribution in [0.5, 0.6) is 28.7 Å². The minimum absolute atomic E-state index is 0.00296. The highest BCUT2D eigenvalue weighted by atomic mass is 16.7. The minimum Gasteiger partial charge on any atom is -0.493 e.